The van der Waals surface area contributed by atoms with E-state index in [9.17, 15) is 0 Å². The maximum absolute atomic E-state index is 5.34. The van der Waals surface area contributed by atoms with Gasteiger partial charge in [0.15, 0.2) is 6.61 Å². The Labute approximate surface area is 90.1 Å². The highest BCUT2D eigenvalue weighted by Crippen LogP contribution is 2.21. The zero-order valence-corrected chi connectivity index (χ0v) is 9.08. The Kier molecular flexibility index (Phi) is 4.42. The number of ether oxygens (including phenoxy) is 1. The van der Waals surface area contributed by atoms with Gasteiger partial charge < -0.3 is 10.1 Å². The fraction of sp³-hybridized carbons (Fsp3) is 0.455. The molecule has 0 atom stereocenters. The van der Waals surface area contributed by atoms with E-state index in [2.05, 4.69) is 21.2 Å². The van der Waals surface area contributed by atoms with Crippen LogP contribution >= 0.6 is 0 Å². The van der Waals surface area contributed by atoms with Gasteiger partial charge in [-0.05, 0) is 13.3 Å². The van der Waals surface area contributed by atoms with Crippen molar-refractivity contribution in [3.63, 3.8) is 0 Å². The molecule has 0 spiro atoms. The number of terminal acetylenes is 1. The van der Waals surface area contributed by atoms with Gasteiger partial charge in [-0.25, -0.2) is 9.97 Å². The third kappa shape index (κ3) is 2.84. The minimum absolute atomic E-state index is 0.232. The van der Waals surface area contributed by atoms with Crippen LogP contribution in [-0.2, 0) is 6.42 Å². The largest absolute Gasteiger partial charge is 0.464 e. The van der Waals surface area contributed by atoms with E-state index in [0.717, 1.165) is 24.3 Å². The highest BCUT2D eigenvalue weighted by molar-refractivity contribution is 5.48. The number of rotatable bonds is 5. The first-order valence-electron chi connectivity index (χ1n) is 4.97. The van der Waals surface area contributed by atoms with Crippen molar-refractivity contribution < 1.29 is 4.74 Å². The highest BCUT2D eigenvalue weighted by atomic mass is 16.5. The maximum atomic E-state index is 5.34. The number of hydrogen-bond acceptors (Lipinski definition) is 4. The molecule has 0 aliphatic rings. The Balaban J connectivity index is 2.94. The molecule has 4 heteroatoms. The zero-order chi connectivity index (χ0) is 11.1. The van der Waals surface area contributed by atoms with Gasteiger partial charge in [-0.1, -0.05) is 12.8 Å². The molecule has 0 aliphatic carbocycles. The molecule has 0 aromatic carbocycles. The lowest BCUT2D eigenvalue weighted by Gasteiger charge is -2.11. The van der Waals surface area contributed by atoms with Crippen LogP contribution in [0.3, 0.4) is 0 Å². The Hall–Kier alpha value is -1.76. The molecule has 0 fully saturated rings. The molecule has 0 radical (unpaired) electrons. The first kappa shape index (κ1) is 11.3. The molecule has 0 saturated carbocycles. The van der Waals surface area contributed by atoms with E-state index in [4.69, 9.17) is 11.2 Å². The summed E-state index contributed by atoms with van der Waals surface area (Å²) >= 11 is 0. The fourth-order valence-electron chi connectivity index (χ4n) is 1.27. The van der Waals surface area contributed by atoms with Crippen molar-refractivity contribution in [1.29, 1.82) is 0 Å². The van der Waals surface area contributed by atoms with Gasteiger partial charge in [-0.15, -0.1) is 6.42 Å². The van der Waals surface area contributed by atoms with E-state index >= 15 is 0 Å². The quantitative estimate of drug-likeness (QED) is 0.740. The predicted octanol–water partition coefficient (Wildman–Crippen LogP) is 1.48. The minimum atomic E-state index is 0.232. The first-order chi connectivity index (χ1) is 7.33. The van der Waals surface area contributed by atoms with E-state index in [0.29, 0.717) is 5.88 Å². The maximum Gasteiger partial charge on any atom is 0.222 e. The van der Waals surface area contributed by atoms with Crippen molar-refractivity contribution in [3.05, 3.63) is 11.9 Å². The molecule has 1 aromatic rings. The Morgan fingerprint density at radius 2 is 2.27 bits per heavy atom. The fourth-order valence-corrected chi connectivity index (χ4v) is 1.27. The van der Waals surface area contributed by atoms with Gasteiger partial charge in [-0.2, -0.15) is 0 Å². The van der Waals surface area contributed by atoms with Gasteiger partial charge in [0.25, 0.3) is 0 Å². The highest BCUT2D eigenvalue weighted by Gasteiger charge is 2.09. The molecule has 1 rings (SSSR count). The van der Waals surface area contributed by atoms with E-state index in [-0.39, 0.29) is 6.61 Å². The molecule has 15 heavy (non-hydrogen) atoms. The lowest BCUT2D eigenvalue weighted by atomic mass is 10.2. The van der Waals surface area contributed by atoms with Crippen molar-refractivity contribution >= 4 is 5.82 Å². The normalized spacial score (nSPS) is 9.40. The van der Waals surface area contributed by atoms with Crippen LogP contribution < -0.4 is 10.1 Å². The van der Waals surface area contributed by atoms with E-state index in [1.807, 2.05) is 13.8 Å². The standard InChI is InChI=1S/C11H15N3O/c1-4-7-15-11-9(5-2)10(12-6-3)13-8-14-11/h1,8H,5-7H2,2-3H3,(H,12,13,14). The SMILES string of the molecule is C#CCOc1ncnc(NCC)c1CC. The van der Waals surface area contributed by atoms with Gasteiger partial charge >= 0.3 is 0 Å². The Morgan fingerprint density at radius 1 is 1.47 bits per heavy atom. The lowest BCUT2D eigenvalue weighted by Crippen LogP contribution is -2.07. The molecule has 4 nitrogen and oxygen atoms in total. The summed E-state index contributed by atoms with van der Waals surface area (Å²) < 4.78 is 5.34. The summed E-state index contributed by atoms with van der Waals surface area (Å²) in [6.45, 7) is 5.10. The monoisotopic (exact) mass is 205 g/mol. The molecule has 0 saturated heterocycles. The smallest absolute Gasteiger partial charge is 0.222 e. The summed E-state index contributed by atoms with van der Waals surface area (Å²) in [5.74, 6) is 3.81. The lowest BCUT2D eigenvalue weighted by molar-refractivity contribution is 0.351. The van der Waals surface area contributed by atoms with Crippen LogP contribution in [0.2, 0.25) is 0 Å². The molecule has 1 heterocycles. The van der Waals surface area contributed by atoms with Crippen molar-refractivity contribution in [2.24, 2.45) is 0 Å². The molecule has 80 valence electrons. The van der Waals surface area contributed by atoms with E-state index in [1.165, 1.54) is 6.33 Å². The number of nitrogens with one attached hydrogen (secondary N) is 1. The van der Waals surface area contributed by atoms with Gasteiger partial charge in [0, 0.05) is 6.54 Å². The van der Waals surface area contributed by atoms with Gasteiger partial charge in [0.05, 0.1) is 5.56 Å². The molecular weight excluding hydrogens is 190 g/mol. The average Bonchev–Trinajstić information content (AvgIpc) is 2.27. The topological polar surface area (TPSA) is 47.0 Å². The summed E-state index contributed by atoms with van der Waals surface area (Å²) in [6.07, 6.45) is 7.41. The molecule has 0 bridgehead atoms. The molecular formula is C11H15N3O. The van der Waals surface area contributed by atoms with Crippen LogP contribution in [0.5, 0.6) is 5.88 Å². The van der Waals surface area contributed by atoms with Gasteiger partial charge in [0.1, 0.15) is 12.1 Å². The predicted molar refractivity (Wildman–Crippen MR) is 59.9 cm³/mol. The van der Waals surface area contributed by atoms with Crippen molar-refractivity contribution in [2.45, 2.75) is 20.3 Å². The first-order valence-corrected chi connectivity index (χ1v) is 4.97. The van der Waals surface area contributed by atoms with Crippen LogP contribution in [0.15, 0.2) is 6.33 Å². The van der Waals surface area contributed by atoms with Crippen molar-refractivity contribution in [2.75, 3.05) is 18.5 Å². The van der Waals surface area contributed by atoms with Crippen molar-refractivity contribution in [3.8, 4) is 18.2 Å². The second-order valence-electron chi connectivity index (χ2n) is 2.88. The summed E-state index contributed by atoms with van der Waals surface area (Å²) in [4.78, 5) is 8.22. The van der Waals surface area contributed by atoms with Crippen LogP contribution in [0.4, 0.5) is 5.82 Å². The van der Waals surface area contributed by atoms with E-state index < -0.39 is 0 Å². The molecule has 0 aliphatic heterocycles. The summed E-state index contributed by atoms with van der Waals surface area (Å²) in [6, 6.07) is 0. The average molecular weight is 205 g/mol. The Bertz CT molecular complexity index is 357. The second kappa shape index (κ2) is 5.86. The van der Waals surface area contributed by atoms with Crippen LogP contribution in [-0.4, -0.2) is 23.1 Å². The third-order valence-electron chi connectivity index (χ3n) is 1.90. The molecule has 0 unspecified atom stereocenters. The molecule has 0 amide bonds. The van der Waals surface area contributed by atoms with Gasteiger partial charge in [0.2, 0.25) is 5.88 Å². The van der Waals surface area contributed by atoms with Crippen molar-refractivity contribution in [1.82, 2.24) is 9.97 Å². The number of anilines is 1. The summed E-state index contributed by atoms with van der Waals surface area (Å²) in [7, 11) is 0. The van der Waals surface area contributed by atoms with E-state index in [1.54, 1.807) is 0 Å². The van der Waals surface area contributed by atoms with Gasteiger partial charge in [-0.3, -0.25) is 0 Å². The van der Waals surface area contributed by atoms with Crippen LogP contribution in [0.25, 0.3) is 0 Å². The summed E-state index contributed by atoms with van der Waals surface area (Å²) in [5, 5.41) is 3.16. The zero-order valence-electron chi connectivity index (χ0n) is 9.08. The number of aromatic nitrogens is 2. The Morgan fingerprint density at radius 3 is 2.87 bits per heavy atom. The second-order valence-corrected chi connectivity index (χ2v) is 2.88. The third-order valence-corrected chi connectivity index (χ3v) is 1.90. The minimum Gasteiger partial charge on any atom is -0.464 e. The summed E-state index contributed by atoms with van der Waals surface area (Å²) in [5.41, 5.74) is 0.967. The number of hydrogen-bond donors (Lipinski definition) is 1. The molecule has 1 N–H and O–H groups in total. The number of nitrogens with zero attached hydrogens (tertiary/aromatic N) is 2. The van der Waals surface area contributed by atoms with Crippen LogP contribution in [0, 0.1) is 12.3 Å². The molecule has 1 aromatic heterocycles. The van der Waals surface area contributed by atoms with Crippen LogP contribution in [0.1, 0.15) is 19.4 Å².